The maximum atomic E-state index is 5.74. The van der Waals surface area contributed by atoms with Gasteiger partial charge in [-0.2, -0.15) is 0 Å². The van der Waals surface area contributed by atoms with Gasteiger partial charge in [-0.15, -0.1) is 10.2 Å². The highest BCUT2D eigenvalue weighted by atomic mass is 15.2. The van der Waals surface area contributed by atoms with Gasteiger partial charge in [-0.1, -0.05) is 0 Å². The van der Waals surface area contributed by atoms with E-state index < -0.39 is 0 Å². The maximum Gasteiger partial charge on any atom is 0.151 e. The van der Waals surface area contributed by atoms with Gasteiger partial charge in [0.25, 0.3) is 0 Å². The van der Waals surface area contributed by atoms with E-state index in [0.717, 1.165) is 23.6 Å². The lowest BCUT2D eigenvalue weighted by Crippen LogP contribution is -2.33. The number of H-pyrrole nitrogens is 1. The first-order chi connectivity index (χ1) is 8.16. The smallest absolute Gasteiger partial charge is 0.151 e. The number of nitrogens with one attached hydrogen (secondary N) is 1. The average molecular weight is 231 g/mol. The molecule has 2 aromatic heterocycles. The van der Waals surface area contributed by atoms with Crippen molar-refractivity contribution in [2.75, 3.05) is 18.5 Å². The third-order valence-corrected chi connectivity index (χ3v) is 2.50. The van der Waals surface area contributed by atoms with Crippen molar-refractivity contribution in [1.82, 2.24) is 15.2 Å². The lowest BCUT2D eigenvalue weighted by Gasteiger charge is -2.19. The minimum atomic E-state index is 0.117. The van der Waals surface area contributed by atoms with E-state index in [1.54, 1.807) is 0 Å². The fourth-order valence-corrected chi connectivity index (χ4v) is 1.69. The molecule has 2 aromatic rings. The van der Waals surface area contributed by atoms with Crippen LogP contribution in [0.1, 0.15) is 6.92 Å². The summed E-state index contributed by atoms with van der Waals surface area (Å²) >= 11 is 0. The normalized spacial score (nSPS) is 12.4. The summed E-state index contributed by atoms with van der Waals surface area (Å²) in [5, 5.41) is 8.39. The monoisotopic (exact) mass is 231 g/mol. The van der Waals surface area contributed by atoms with Crippen LogP contribution < -0.4 is 10.6 Å². The number of aromatic nitrogens is 3. The van der Waals surface area contributed by atoms with E-state index in [9.17, 15) is 0 Å². The van der Waals surface area contributed by atoms with Crippen LogP contribution in [0, 0.1) is 0 Å². The van der Waals surface area contributed by atoms with E-state index in [4.69, 9.17) is 5.73 Å². The Morgan fingerprint density at radius 2 is 2.18 bits per heavy atom. The number of aromatic amines is 1. The summed E-state index contributed by atoms with van der Waals surface area (Å²) < 4.78 is 0. The summed E-state index contributed by atoms with van der Waals surface area (Å²) in [6, 6.07) is 6.00. The Morgan fingerprint density at radius 3 is 2.71 bits per heavy atom. The second-order valence-electron chi connectivity index (χ2n) is 4.23. The van der Waals surface area contributed by atoms with E-state index in [-0.39, 0.29) is 6.04 Å². The Labute approximate surface area is 101 Å². The Balaban J connectivity index is 2.13. The van der Waals surface area contributed by atoms with Gasteiger partial charge in [0, 0.05) is 37.6 Å². The Hall–Kier alpha value is -1.88. The van der Waals surface area contributed by atoms with Crippen LogP contribution in [-0.2, 0) is 0 Å². The highest BCUT2D eigenvalue weighted by Crippen LogP contribution is 2.16. The van der Waals surface area contributed by atoms with Gasteiger partial charge in [-0.3, -0.25) is 0 Å². The molecule has 5 heteroatoms. The standard InChI is InChI=1S/C12H17N5/c1-9(13)8-17(2)12-4-3-11(15-16-12)10-5-6-14-7-10/h3-7,9,14H,8,13H2,1-2H3. The minimum absolute atomic E-state index is 0.117. The molecule has 1 unspecified atom stereocenters. The van der Waals surface area contributed by atoms with Crippen molar-refractivity contribution in [3.8, 4) is 11.3 Å². The molecule has 2 heterocycles. The van der Waals surface area contributed by atoms with Gasteiger partial charge in [0.1, 0.15) is 0 Å². The second kappa shape index (κ2) is 4.97. The van der Waals surface area contributed by atoms with E-state index >= 15 is 0 Å². The molecule has 0 fully saturated rings. The average Bonchev–Trinajstić information content (AvgIpc) is 2.82. The van der Waals surface area contributed by atoms with Gasteiger partial charge in [0.15, 0.2) is 5.82 Å². The van der Waals surface area contributed by atoms with Crippen LogP contribution in [0.4, 0.5) is 5.82 Å². The third-order valence-electron chi connectivity index (χ3n) is 2.50. The summed E-state index contributed by atoms with van der Waals surface area (Å²) in [6.45, 7) is 2.73. The van der Waals surface area contributed by atoms with Crippen LogP contribution in [0.5, 0.6) is 0 Å². The highest BCUT2D eigenvalue weighted by Gasteiger charge is 2.06. The molecule has 0 spiro atoms. The Morgan fingerprint density at radius 1 is 1.35 bits per heavy atom. The van der Waals surface area contributed by atoms with Crippen molar-refractivity contribution in [2.45, 2.75) is 13.0 Å². The van der Waals surface area contributed by atoms with Gasteiger partial charge in [0.05, 0.1) is 5.69 Å². The summed E-state index contributed by atoms with van der Waals surface area (Å²) in [4.78, 5) is 5.00. The third kappa shape index (κ3) is 2.82. The molecule has 3 N–H and O–H groups in total. The molecule has 0 aliphatic heterocycles. The molecule has 2 rings (SSSR count). The Bertz CT molecular complexity index is 446. The number of rotatable bonds is 4. The summed E-state index contributed by atoms with van der Waals surface area (Å²) in [5.41, 5.74) is 7.65. The van der Waals surface area contributed by atoms with Crippen LogP contribution in [0.15, 0.2) is 30.6 Å². The molecule has 0 aliphatic rings. The van der Waals surface area contributed by atoms with Crippen molar-refractivity contribution in [3.63, 3.8) is 0 Å². The molecule has 17 heavy (non-hydrogen) atoms. The van der Waals surface area contributed by atoms with Crippen LogP contribution in [0.3, 0.4) is 0 Å². The van der Waals surface area contributed by atoms with Crippen LogP contribution >= 0.6 is 0 Å². The van der Waals surface area contributed by atoms with Gasteiger partial charge < -0.3 is 15.6 Å². The second-order valence-corrected chi connectivity index (χ2v) is 4.23. The molecule has 0 saturated heterocycles. The molecule has 0 amide bonds. The van der Waals surface area contributed by atoms with Gasteiger partial charge >= 0.3 is 0 Å². The topological polar surface area (TPSA) is 70.8 Å². The van der Waals surface area contributed by atoms with Crippen LogP contribution in [-0.4, -0.2) is 34.8 Å². The quantitative estimate of drug-likeness (QED) is 0.831. The number of hydrogen-bond donors (Lipinski definition) is 2. The van der Waals surface area contributed by atoms with Gasteiger partial charge in [-0.05, 0) is 25.1 Å². The molecule has 0 radical (unpaired) electrons. The first-order valence-corrected chi connectivity index (χ1v) is 5.60. The predicted molar refractivity (Wildman–Crippen MR) is 68.7 cm³/mol. The molecule has 1 atom stereocenters. The summed E-state index contributed by atoms with van der Waals surface area (Å²) in [5.74, 6) is 0.835. The largest absolute Gasteiger partial charge is 0.367 e. The zero-order valence-corrected chi connectivity index (χ0v) is 10.1. The number of nitrogens with zero attached hydrogens (tertiary/aromatic N) is 3. The number of hydrogen-bond acceptors (Lipinski definition) is 4. The molecule has 0 saturated carbocycles. The number of likely N-dealkylation sites (N-methyl/N-ethyl adjacent to an activating group) is 1. The maximum absolute atomic E-state index is 5.74. The van der Waals surface area contributed by atoms with Crippen molar-refractivity contribution in [3.05, 3.63) is 30.6 Å². The van der Waals surface area contributed by atoms with E-state index in [1.807, 2.05) is 49.5 Å². The molecule has 5 nitrogen and oxygen atoms in total. The highest BCUT2D eigenvalue weighted by molar-refractivity contribution is 5.58. The molecule has 0 aliphatic carbocycles. The summed E-state index contributed by atoms with van der Waals surface area (Å²) in [7, 11) is 1.96. The zero-order chi connectivity index (χ0) is 12.3. The minimum Gasteiger partial charge on any atom is -0.367 e. The lowest BCUT2D eigenvalue weighted by atomic mass is 10.2. The van der Waals surface area contributed by atoms with Crippen molar-refractivity contribution in [2.24, 2.45) is 5.73 Å². The fourth-order valence-electron chi connectivity index (χ4n) is 1.69. The van der Waals surface area contributed by atoms with E-state index in [2.05, 4.69) is 15.2 Å². The molecular weight excluding hydrogens is 214 g/mol. The molecule has 0 bridgehead atoms. The van der Waals surface area contributed by atoms with Crippen molar-refractivity contribution in [1.29, 1.82) is 0 Å². The first-order valence-electron chi connectivity index (χ1n) is 5.60. The van der Waals surface area contributed by atoms with E-state index in [1.165, 1.54) is 0 Å². The molecule has 0 aromatic carbocycles. The summed E-state index contributed by atoms with van der Waals surface area (Å²) in [6.07, 6.45) is 3.77. The van der Waals surface area contributed by atoms with Crippen LogP contribution in [0.2, 0.25) is 0 Å². The van der Waals surface area contributed by atoms with Crippen molar-refractivity contribution < 1.29 is 0 Å². The Kier molecular flexibility index (Phi) is 3.39. The lowest BCUT2D eigenvalue weighted by molar-refractivity contribution is 0.708. The predicted octanol–water partition coefficient (Wildman–Crippen LogP) is 1.26. The van der Waals surface area contributed by atoms with Crippen LogP contribution in [0.25, 0.3) is 11.3 Å². The molecular formula is C12H17N5. The van der Waals surface area contributed by atoms with Gasteiger partial charge in [0.2, 0.25) is 0 Å². The first kappa shape index (κ1) is 11.6. The van der Waals surface area contributed by atoms with Gasteiger partial charge in [-0.25, -0.2) is 0 Å². The molecule has 90 valence electrons. The zero-order valence-electron chi connectivity index (χ0n) is 10.1. The fraction of sp³-hybridized carbons (Fsp3) is 0.333. The number of anilines is 1. The SMILES string of the molecule is CC(N)CN(C)c1ccc(-c2cc[nH]c2)nn1. The van der Waals surface area contributed by atoms with E-state index in [0.29, 0.717) is 0 Å². The number of nitrogens with two attached hydrogens (primary N) is 1. The van der Waals surface area contributed by atoms with Crippen molar-refractivity contribution >= 4 is 5.82 Å².